The molecule has 0 fully saturated rings. The first-order chi connectivity index (χ1) is 6.77. The Morgan fingerprint density at radius 2 is 2.36 bits per heavy atom. The van der Waals surface area contributed by atoms with Crippen LogP contribution in [-0.2, 0) is 6.54 Å². The van der Waals surface area contributed by atoms with Crippen LogP contribution in [0.25, 0.3) is 0 Å². The number of nitrogens with zero attached hydrogens (tertiary/aromatic N) is 5. The zero-order chi connectivity index (χ0) is 9.97. The van der Waals surface area contributed by atoms with Crippen molar-refractivity contribution in [2.75, 3.05) is 0 Å². The summed E-state index contributed by atoms with van der Waals surface area (Å²) in [5, 5.41) is 11.5. The molecule has 0 aliphatic carbocycles. The lowest BCUT2D eigenvalue weighted by atomic mass is 10.3. The average molecular weight is 210 g/mol. The van der Waals surface area contributed by atoms with Crippen LogP contribution in [0.2, 0.25) is 0 Å². The van der Waals surface area contributed by atoms with Crippen LogP contribution in [-0.4, -0.2) is 24.6 Å². The average Bonchev–Trinajstić information content (AvgIpc) is 2.75. The van der Waals surface area contributed by atoms with Crippen LogP contribution >= 0.6 is 11.5 Å². The van der Waals surface area contributed by atoms with Gasteiger partial charge in [0.25, 0.3) is 0 Å². The van der Waals surface area contributed by atoms with Crippen molar-refractivity contribution in [3.05, 3.63) is 23.0 Å². The Labute approximate surface area is 84.9 Å². The molecule has 0 saturated carbocycles. The van der Waals surface area contributed by atoms with Crippen LogP contribution in [0.1, 0.15) is 23.5 Å². The van der Waals surface area contributed by atoms with Crippen LogP contribution in [0.15, 0.2) is 12.4 Å². The van der Waals surface area contributed by atoms with Gasteiger partial charge in [-0.1, -0.05) is 9.70 Å². The molecule has 1 atom stereocenters. The smallest absolute Gasteiger partial charge is 0.0806 e. The maximum absolute atomic E-state index is 5.76. The lowest BCUT2D eigenvalue weighted by molar-refractivity contribution is 0.594. The molecule has 14 heavy (non-hydrogen) atoms. The molecule has 1 unspecified atom stereocenters. The fraction of sp³-hybridized carbons (Fsp3) is 0.429. The number of nitrogens with two attached hydrogens (primary N) is 1. The normalized spacial score (nSPS) is 13.0. The highest BCUT2D eigenvalue weighted by Gasteiger charge is 2.09. The minimum absolute atomic E-state index is 0.0640. The number of hydrogen-bond acceptors (Lipinski definition) is 6. The third-order valence-corrected chi connectivity index (χ3v) is 2.47. The van der Waals surface area contributed by atoms with E-state index in [1.807, 2.05) is 6.92 Å². The van der Waals surface area contributed by atoms with E-state index in [-0.39, 0.29) is 6.04 Å². The van der Waals surface area contributed by atoms with Gasteiger partial charge in [0, 0.05) is 6.04 Å². The predicted molar refractivity (Wildman–Crippen MR) is 51.6 cm³/mol. The van der Waals surface area contributed by atoms with Crippen molar-refractivity contribution in [1.82, 2.24) is 24.6 Å². The van der Waals surface area contributed by atoms with E-state index in [0.29, 0.717) is 6.54 Å². The van der Waals surface area contributed by atoms with Gasteiger partial charge < -0.3 is 5.73 Å². The molecule has 74 valence electrons. The van der Waals surface area contributed by atoms with E-state index in [9.17, 15) is 0 Å². The molecule has 2 N–H and O–H groups in total. The fourth-order valence-corrected chi connectivity index (χ4v) is 1.62. The standard InChI is InChI=1S/C7H10N6S/c1-5(8)7-3-9-11-13(7)4-6-2-10-12-14-6/h2-3,5H,4,8H2,1H3. The first kappa shape index (κ1) is 9.22. The summed E-state index contributed by atoms with van der Waals surface area (Å²) in [6.45, 7) is 2.54. The molecule has 0 spiro atoms. The van der Waals surface area contributed by atoms with Crippen LogP contribution in [0, 0.1) is 0 Å². The summed E-state index contributed by atoms with van der Waals surface area (Å²) in [5.41, 5.74) is 6.67. The third kappa shape index (κ3) is 1.78. The van der Waals surface area contributed by atoms with Crippen molar-refractivity contribution in [2.45, 2.75) is 19.5 Å². The van der Waals surface area contributed by atoms with E-state index in [4.69, 9.17) is 5.73 Å². The largest absolute Gasteiger partial charge is 0.323 e. The summed E-state index contributed by atoms with van der Waals surface area (Å²) in [7, 11) is 0. The molecule has 0 amide bonds. The Morgan fingerprint density at radius 1 is 1.50 bits per heavy atom. The second-order valence-corrected chi connectivity index (χ2v) is 3.86. The monoisotopic (exact) mass is 210 g/mol. The summed E-state index contributed by atoms with van der Waals surface area (Å²) in [5.74, 6) is 0. The summed E-state index contributed by atoms with van der Waals surface area (Å²) in [6.07, 6.45) is 3.40. The molecule has 0 aliphatic rings. The molecule has 2 heterocycles. The number of aromatic nitrogens is 5. The van der Waals surface area contributed by atoms with E-state index in [1.165, 1.54) is 11.5 Å². The lowest BCUT2D eigenvalue weighted by Gasteiger charge is -2.06. The molecule has 0 aliphatic heterocycles. The van der Waals surface area contributed by atoms with Gasteiger partial charge in [0.15, 0.2) is 0 Å². The van der Waals surface area contributed by atoms with Gasteiger partial charge in [-0.2, -0.15) is 0 Å². The van der Waals surface area contributed by atoms with Gasteiger partial charge >= 0.3 is 0 Å². The van der Waals surface area contributed by atoms with Crippen molar-refractivity contribution >= 4 is 11.5 Å². The first-order valence-corrected chi connectivity index (χ1v) is 4.95. The van der Waals surface area contributed by atoms with E-state index in [0.717, 1.165) is 10.6 Å². The zero-order valence-electron chi connectivity index (χ0n) is 7.66. The number of hydrogen-bond donors (Lipinski definition) is 1. The molecular formula is C7H10N6S. The Balaban J connectivity index is 2.21. The molecule has 6 nitrogen and oxygen atoms in total. The highest BCUT2D eigenvalue weighted by atomic mass is 32.1. The molecule has 0 aromatic carbocycles. The predicted octanol–water partition coefficient (Wildman–Crippen LogP) is 0.198. The van der Waals surface area contributed by atoms with E-state index < -0.39 is 0 Å². The molecule has 2 aromatic heterocycles. The van der Waals surface area contributed by atoms with Crippen molar-refractivity contribution in [2.24, 2.45) is 5.73 Å². The molecule has 2 aromatic rings. The summed E-state index contributed by atoms with van der Waals surface area (Å²) in [4.78, 5) is 1.04. The Bertz CT molecular complexity index is 392. The Kier molecular flexibility index (Phi) is 2.51. The van der Waals surface area contributed by atoms with Gasteiger partial charge in [0.05, 0.1) is 29.5 Å². The summed E-state index contributed by atoms with van der Waals surface area (Å²) in [6, 6.07) is -0.0640. The highest BCUT2D eigenvalue weighted by Crippen LogP contribution is 2.10. The second kappa shape index (κ2) is 3.81. The SMILES string of the molecule is CC(N)c1cnnn1Cc1cnns1. The summed E-state index contributed by atoms with van der Waals surface area (Å²) < 4.78 is 5.54. The van der Waals surface area contributed by atoms with Crippen LogP contribution in [0.4, 0.5) is 0 Å². The van der Waals surface area contributed by atoms with Crippen molar-refractivity contribution < 1.29 is 0 Å². The van der Waals surface area contributed by atoms with Crippen LogP contribution < -0.4 is 5.73 Å². The van der Waals surface area contributed by atoms with E-state index >= 15 is 0 Å². The van der Waals surface area contributed by atoms with Crippen LogP contribution in [0.5, 0.6) is 0 Å². The number of rotatable bonds is 3. The quantitative estimate of drug-likeness (QED) is 0.782. The minimum Gasteiger partial charge on any atom is -0.323 e. The van der Waals surface area contributed by atoms with Crippen molar-refractivity contribution in [3.8, 4) is 0 Å². The zero-order valence-corrected chi connectivity index (χ0v) is 8.48. The van der Waals surface area contributed by atoms with Gasteiger partial charge in [0.2, 0.25) is 0 Å². The molecular weight excluding hydrogens is 200 g/mol. The molecule has 0 radical (unpaired) electrons. The second-order valence-electron chi connectivity index (χ2n) is 2.99. The van der Waals surface area contributed by atoms with Gasteiger partial charge in [-0.3, -0.25) is 0 Å². The topological polar surface area (TPSA) is 82.5 Å². The van der Waals surface area contributed by atoms with E-state index in [2.05, 4.69) is 19.9 Å². The van der Waals surface area contributed by atoms with Crippen molar-refractivity contribution in [1.29, 1.82) is 0 Å². The minimum atomic E-state index is -0.0640. The maximum Gasteiger partial charge on any atom is 0.0806 e. The maximum atomic E-state index is 5.76. The molecule has 2 rings (SSSR count). The third-order valence-electron chi connectivity index (χ3n) is 1.83. The molecule has 0 bridgehead atoms. The fourth-order valence-electron chi connectivity index (χ4n) is 1.15. The molecule has 0 saturated heterocycles. The Morgan fingerprint density at radius 3 is 3.00 bits per heavy atom. The highest BCUT2D eigenvalue weighted by molar-refractivity contribution is 7.05. The van der Waals surface area contributed by atoms with Gasteiger partial charge in [-0.25, -0.2) is 4.68 Å². The van der Waals surface area contributed by atoms with Gasteiger partial charge in [0.1, 0.15) is 0 Å². The van der Waals surface area contributed by atoms with Gasteiger partial charge in [-0.15, -0.1) is 10.2 Å². The Hall–Kier alpha value is -1.34. The van der Waals surface area contributed by atoms with Crippen molar-refractivity contribution in [3.63, 3.8) is 0 Å². The molecule has 7 heteroatoms. The first-order valence-electron chi connectivity index (χ1n) is 4.17. The lowest BCUT2D eigenvalue weighted by Crippen LogP contribution is -2.13. The van der Waals surface area contributed by atoms with Crippen LogP contribution in [0.3, 0.4) is 0 Å². The summed E-state index contributed by atoms with van der Waals surface area (Å²) >= 11 is 1.35. The van der Waals surface area contributed by atoms with E-state index in [1.54, 1.807) is 17.1 Å². The van der Waals surface area contributed by atoms with Gasteiger partial charge in [-0.05, 0) is 18.5 Å².